The predicted molar refractivity (Wildman–Crippen MR) is 119 cm³/mol. The van der Waals surface area contributed by atoms with Crippen LogP contribution in [0, 0.1) is 0 Å². The average Bonchev–Trinajstić information content (AvgIpc) is 3.34. The lowest BCUT2D eigenvalue weighted by Gasteiger charge is -2.03. The Hall–Kier alpha value is -2.96. The van der Waals surface area contributed by atoms with Crippen molar-refractivity contribution >= 4 is 28.1 Å². The molecule has 5 aromatic rings. The summed E-state index contributed by atoms with van der Waals surface area (Å²) >= 11 is 3.35. The Labute approximate surface area is 177 Å². The Morgan fingerprint density at radius 1 is 0.759 bits per heavy atom. The number of thioether (sulfide) groups is 1. The second kappa shape index (κ2) is 8.19. The van der Waals surface area contributed by atoms with Crippen LogP contribution in [0.2, 0.25) is 0 Å². The largest absolute Gasteiger partial charge is 0.234 e. The van der Waals surface area contributed by atoms with Gasteiger partial charge in [0, 0.05) is 11.3 Å². The van der Waals surface area contributed by atoms with Crippen molar-refractivity contribution in [2.24, 2.45) is 0 Å². The van der Waals surface area contributed by atoms with E-state index in [0.29, 0.717) is 0 Å². The van der Waals surface area contributed by atoms with Gasteiger partial charge in [0.05, 0.1) is 5.75 Å². The van der Waals surface area contributed by atoms with E-state index in [1.807, 2.05) is 28.8 Å². The molecule has 0 bridgehead atoms. The van der Waals surface area contributed by atoms with Gasteiger partial charge in [-0.3, -0.25) is 0 Å². The number of nitrogens with zero attached hydrogens (tertiary/aromatic N) is 4. The van der Waals surface area contributed by atoms with E-state index in [1.165, 1.54) is 21.6 Å². The van der Waals surface area contributed by atoms with Crippen LogP contribution in [-0.4, -0.2) is 19.8 Å². The first-order valence-electron chi connectivity index (χ1n) is 9.37. The third-order valence-corrected chi connectivity index (χ3v) is 6.53. The van der Waals surface area contributed by atoms with Crippen molar-refractivity contribution < 1.29 is 0 Å². The molecular formula is C23H18N4S2. The van der Waals surface area contributed by atoms with Crippen LogP contribution in [0.3, 0.4) is 0 Å². The first kappa shape index (κ1) is 18.1. The Morgan fingerprint density at radius 2 is 1.45 bits per heavy atom. The third-order valence-electron chi connectivity index (χ3n) is 4.62. The minimum atomic E-state index is 0.750. The Morgan fingerprint density at radius 3 is 2.21 bits per heavy atom. The van der Waals surface area contributed by atoms with Crippen molar-refractivity contribution in [3.63, 3.8) is 0 Å². The first-order chi connectivity index (χ1) is 14.3. The lowest BCUT2D eigenvalue weighted by atomic mass is 10.0. The minimum absolute atomic E-state index is 0.750. The van der Waals surface area contributed by atoms with Crippen LogP contribution in [0.15, 0.2) is 89.8 Å². The molecule has 0 aliphatic rings. The summed E-state index contributed by atoms with van der Waals surface area (Å²) in [4.78, 5) is 2.07. The maximum absolute atomic E-state index is 4.76. The monoisotopic (exact) mass is 414 g/mol. The molecule has 29 heavy (non-hydrogen) atoms. The van der Waals surface area contributed by atoms with Gasteiger partial charge < -0.3 is 0 Å². The van der Waals surface area contributed by atoms with Crippen LogP contribution < -0.4 is 0 Å². The quantitative estimate of drug-likeness (QED) is 0.333. The summed E-state index contributed by atoms with van der Waals surface area (Å²) in [6.07, 6.45) is 0.800. The molecule has 0 saturated carbocycles. The van der Waals surface area contributed by atoms with Gasteiger partial charge in [-0.15, -0.1) is 22.0 Å². The third kappa shape index (κ3) is 4.09. The maximum atomic E-state index is 4.76. The van der Waals surface area contributed by atoms with Gasteiger partial charge in [-0.2, -0.15) is 9.61 Å². The first-order valence-corrected chi connectivity index (χ1v) is 11.2. The van der Waals surface area contributed by atoms with Gasteiger partial charge >= 0.3 is 0 Å². The van der Waals surface area contributed by atoms with Crippen molar-refractivity contribution in [1.82, 2.24) is 19.8 Å². The van der Waals surface area contributed by atoms with E-state index in [0.717, 1.165) is 28.0 Å². The fourth-order valence-corrected chi connectivity index (χ4v) is 4.86. The van der Waals surface area contributed by atoms with Crippen LogP contribution in [0.5, 0.6) is 0 Å². The highest BCUT2D eigenvalue weighted by Crippen LogP contribution is 2.25. The number of benzene rings is 3. The molecule has 0 spiro atoms. The normalized spacial score (nSPS) is 11.2. The zero-order chi connectivity index (χ0) is 19.5. The molecule has 4 nitrogen and oxygen atoms in total. The smallest absolute Gasteiger partial charge is 0.186 e. The Balaban J connectivity index is 1.30. The van der Waals surface area contributed by atoms with Crippen LogP contribution in [0.1, 0.15) is 16.4 Å². The molecule has 0 unspecified atom stereocenters. The highest BCUT2D eigenvalue weighted by Gasteiger charge is 2.12. The summed E-state index contributed by atoms with van der Waals surface area (Å²) in [6, 6.07) is 29.5. The van der Waals surface area contributed by atoms with Crippen LogP contribution >= 0.6 is 23.1 Å². The molecule has 2 heterocycles. The van der Waals surface area contributed by atoms with Gasteiger partial charge in [0.2, 0.25) is 4.96 Å². The Bertz CT molecular complexity index is 1210. The molecule has 142 valence electrons. The lowest BCUT2D eigenvalue weighted by Crippen LogP contribution is -1.96. The molecular weight excluding hydrogens is 396 g/mol. The fourth-order valence-electron chi connectivity index (χ4n) is 3.14. The van der Waals surface area contributed by atoms with Gasteiger partial charge in [0.25, 0.3) is 0 Å². The molecule has 0 radical (unpaired) electrons. The molecule has 2 aromatic heterocycles. The summed E-state index contributed by atoms with van der Waals surface area (Å²) in [5, 5.41) is 14.4. The molecule has 5 rings (SSSR count). The van der Waals surface area contributed by atoms with E-state index in [9.17, 15) is 0 Å². The summed E-state index contributed by atoms with van der Waals surface area (Å²) in [5.41, 5.74) is 3.71. The number of hydrogen-bond donors (Lipinski definition) is 0. The maximum Gasteiger partial charge on any atom is 0.234 e. The summed E-state index contributed by atoms with van der Waals surface area (Å²) < 4.78 is 1.88. The van der Waals surface area contributed by atoms with E-state index in [-0.39, 0.29) is 0 Å². The second-order valence-corrected chi connectivity index (χ2v) is 8.74. The van der Waals surface area contributed by atoms with E-state index in [4.69, 9.17) is 5.10 Å². The SMILES string of the molecule is c1ccc(SCc2nnc3sc(Cc4ccc(-c5ccccc5)cc4)nn23)cc1. The zero-order valence-corrected chi connectivity index (χ0v) is 17.2. The van der Waals surface area contributed by atoms with Crippen LogP contribution in [-0.2, 0) is 12.2 Å². The molecule has 0 saturated heterocycles. The molecule has 6 heteroatoms. The van der Waals surface area contributed by atoms with Gasteiger partial charge in [-0.05, 0) is 28.8 Å². The summed E-state index contributed by atoms with van der Waals surface area (Å²) in [7, 11) is 0. The van der Waals surface area contributed by atoms with Crippen molar-refractivity contribution in [3.8, 4) is 11.1 Å². The second-order valence-electron chi connectivity index (χ2n) is 6.65. The summed E-state index contributed by atoms with van der Waals surface area (Å²) in [6.45, 7) is 0. The molecule has 0 aliphatic carbocycles. The number of rotatable bonds is 6. The van der Waals surface area contributed by atoms with E-state index in [2.05, 4.69) is 70.9 Å². The van der Waals surface area contributed by atoms with Gasteiger partial charge in [0.1, 0.15) is 5.01 Å². The molecule has 0 aliphatic heterocycles. The number of fused-ring (bicyclic) bond motifs is 1. The molecule has 3 aromatic carbocycles. The molecule has 0 N–H and O–H groups in total. The van der Waals surface area contributed by atoms with Crippen LogP contribution in [0.4, 0.5) is 0 Å². The molecule has 0 amide bonds. The van der Waals surface area contributed by atoms with E-state index >= 15 is 0 Å². The highest BCUT2D eigenvalue weighted by molar-refractivity contribution is 7.98. The topological polar surface area (TPSA) is 43.1 Å². The van der Waals surface area contributed by atoms with E-state index in [1.54, 1.807) is 23.1 Å². The van der Waals surface area contributed by atoms with Crippen molar-refractivity contribution in [3.05, 3.63) is 101 Å². The summed E-state index contributed by atoms with van der Waals surface area (Å²) in [5.74, 6) is 1.64. The fraction of sp³-hybridized carbons (Fsp3) is 0.0870. The van der Waals surface area contributed by atoms with Crippen LogP contribution in [0.25, 0.3) is 16.1 Å². The Kier molecular flexibility index (Phi) is 5.11. The zero-order valence-electron chi connectivity index (χ0n) is 15.6. The van der Waals surface area contributed by atoms with Crippen molar-refractivity contribution in [2.75, 3.05) is 0 Å². The van der Waals surface area contributed by atoms with Gasteiger partial charge in [-0.1, -0.05) is 84.1 Å². The number of hydrogen-bond acceptors (Lipinski definition) is 5. The predicted octanol–water partition coefficient (Wildman–Crippen LogP) is 5.74. The van der Waals surface area contributed by atoms with E-state index < -0.39 is 0 Å². The van der Waals surface area contributed by atoms with Gasteiger partial charge in [-0.25, -0.2) is 0 Å². The minimum Gasteiger partial charge on any atom is -0.186 e. The average molecular weight is 415 g/mol. The lowest BCUT2D eigenvalue weighted by molar-refractivity contribution is 0.856. The van der Waals surface area contributed by atoms with Crippen molar-refractivity contribution in [2.45, 2.75) is 17.1 Å². The molecule has 0 atom stereocenters. The number of aromatic nitrogens is 4. The van der Waals surface area contributed by atoms with Gasteiger partial charge in [0.15, 0.2) is 5.82 Å². The molecule has 0 fully saturated rings. The standard InChI is InChI=1S/C23H18N4S2/c1-3-7-18(8-4-1)19-13-11-17(12-14-19)15-22-26-27-21(24-25-23(27)29-22)16-28-20-9-5-2-6-10-20/h1-14H,15-16H2. The highest BCUT2D eigenvalue weighted by atomic mass is 32.2. The van der Waals surface area contributed by atoms with Crippen molar-refractivity contribution in [1.29, 1.82) is 0 Å².